The highest BCUT2D eigenvalue weighted by Gasteiger charge is 2.12. The average molecular weight is 238 g/mol. The number of amides is 2. The van der Waals surface area contributed by atoms with E-state index in [9.17, 15) is 9.18 Å². The molecule has 0 atom stereocenters. The van der Waals surface area contributed by atoms with Gasteiger partial charge in [0.05, 0.1) is 0 Å². The van der Waals surface area contributed by atoms with Crippen LogP contribution in [0, 0.1) is 5.82 Å². The van der Waals surface area contributed by atoms with Gasteiger partial charge in [-0.3, -0.25) is 0 Å². The van der Waals surface area contributed by atoms with Crippen LogP contribution in [-0.2, 0) is 6.42 Å². The molecule has 0 saturated carbocycles. The molecular weight excluding hydrogens is 219 g/mol. The molecule has 4 heteroatoms. The zero-order valence-corrected chi connectivity index (χ0v) is 10.5. The normalized spacial score (nSPS) is 11.1. The SMILES string of the molecule is CC(C)(C)NC(=O)NCCc1ccc(F)cc1. The third kappa shape index (κ3) is 5.90. The molecule has 0 aromatic heterocycles. The van der Waals surface area contributed by atoms with E-state index in [1.54, 1.807) is 12.1 Å². The number of rotatable bonds is 3. The van der Waals surface area contributed by atoms with Gasteiger partial charge in [-0.2, -0.15) is 0 Å². The van der Waals surface area contributed by atoms with E-state index in [0.717, 1.165) is 5.56 Å². The maximum absolute atomic E-state index is 12.6. The summed E-state index contributed by atoms with van der Waals surface area (Å²) < 4.78 is 12.6. The van der Waals surface area contributed by atoms with Crippen LogP contribution in [0.5, 0.6) is 0 Å². The molecule has 0 saturated heterocycles. The molecule has 0 aliphatic rings. The van der Waals surface area contributed by atoms with E-state index >= 15 is 0 Å². The molecule has 0 fully saturated rings. The van der Waals surface area contributed by atoms with Crippen LogP contribution in [0.4, 0.5) is 9.18 Å². The molecule has 0 radical (unpaired) electrons. The van der Waals surface area contributed by atoms with Crippen molar-refractivity contribution in [2.24, 2.45) is 0 Å². The molecule has 1 aromatic rings. The Morgan fingerprint density at radius 2 is 1.82 bits per heavy atom. The van der Waals surface area contributed by atoms with Crippen LogP contribution >= 0.6 is 0 Å². The van der Waals surface area contributed by atoms with Gasteiger partial charge in [-0.15, -0.1) is 0 Å². The largest absolute Gasteiger partial charge is 0.338 e. The minimum Gasteiger partial charge on any atom is -0.338 e. The lowest BCUT2D eigenvalue weighted by atomic mass is 10.1. The van der Waals surface area contributed by atoms with Gasteiger partial charge in [-0.25, -0.2) is 9.18 Å². The Kier molecular flexibility index (Phi) is 4.49. The Hall–Kier alpha value is -1.58. The Balaban J connectivity index is 2.28. The maximum atomic E-state index is 12.6. The standard InChI is InChI=1S/C13H19FN2O/c1-13(2,3)16-12(17)15-9-8-10-4-6-11(14)7-5-10/h4-7H,8-9H2,1-3H3,(H2,15,16,17). The monoisotopic (exact) mass is 238 g/mol. The van der Waals surface area contributed by atoms with E-state index in [0.29, 0.717) is 13.0 Å². The second-order valence-corrected chi connectivity index (χ2v) is 5.01. The lowest BCUT2D eigenvalue weighted by Gasteiger charge is -2.20. The predicted octanol–water partition coefficient (Wildman–Crippen LogP) is 2.47. The molecule has 0 aliphatic carbocycles. The van der Waals surface area contributed by atoms with Crippen LogP contribution in [0.15, 0.2) is 24.3 Å². The highest BCUT2D eigenvalue weighted by Crippen LogP contribution is 2.03. The lowest BCUT2D eigenvalue weighted by molar-refractivity contribution is 0.232. The van der Waals surface area contributed by atoms with Gasteiger partial charge in [-0.05, 0) is 44.9 Å². The van der Waals surface area contributed by atoms with E-state index in [4.69, 9.17) is 0 Å². The summed E-state index contributed by atoms with van der Waals surface area (Å²) in [6.45, 7) is 6.30. The van der Waals surface area contributed by atoms with Crippen molar-refractivity contribution >= 4 is 6.03 Å². The molecular formula is C13H19FN2O. The van der Waals surface area contributed by atoms with E-state index in [1.807, 2.05) is 20.8 Å². The van der Waals surface area contributed by atoms with E-state index in [2.05, 4.69) is 10.6 Å². The van der Waals surface area contributed by atoms with Crippen LogP contribution in [0.1, 0.15) is 26.3 Å². The van der Waals surface area contributed by atoms with Crippen molar-refractivity contribution in [2.75, 3.05) is 6.54 Å². The van der Waals surface area contributed by atoms with Crippen molar-refractivity contribution < 1.29 is 9.18 Å². The van der Waals surface area contributed by atoms with Crippen LogP contribution in [-0.4, -0.2) is 18.1 Å². The summed E-state index contributed by atoms with van der Waals surface area (Å²) in [5.74, 6) is -0.243. The predicted molar refractivity (Wildman–Crippen MR) is 66.4 cm³/mol. The number of carbonyl (C=O) groups excluding carboxylic acids is 1. The molecule has 17 heavy (non-hydrogen) atoms. The van der Waals surface area contributed by atoms with Crippen molar-refractivity contribution in [3.8, 4) is 0 Å². The summed E-state index contributed by atoms with van der Waals surface area (Å²) in [7, 11) is 0. The number of hydrogen-bond acceptors (Lipinski definition) is 1. The minimum absolute atomic E-state index is 0.181. The molecule has 3 nitrogen and oxygen atoms in total. The minimum atomic E-state index is -0.243. The summed E-state index contributed by atoms with van der Waals surface area (Å²) in [6.07, 6.45) is 0.692. The molecule has 1 aromatic carbocycles. The lowest BCUT2D eigenvalue weighted by Crippen LogP contribution is -2.46. The van der Waals surface area contributed by atoms with Crippen LogP contribution in [0.2, 0.25) is 0 Å². The van der Waals surface area contributed by atoms with Crippen LogP contribution in [0.25, 0.3) is 0 Å². The van der Waals surface area contributed by atoms with E-state index < -0.39 is 0 Å². The fourth-order valence-corrected chi connectivity index (χ4v) is 1.36. The van der Waals surface area contributed by atoms with Crippen LogP contribution < -0.4 is 10.6 Å². The number of halogens is 1. The molecule has 0 spiro atoms. The van der Waals surface area contributed by atoms with Crippen molar-refractivity contribution in [2.45, 2.75) is 32.7 Å². The van der Waals surface area contributed by atoms with Gasteiger partial charge in [0.25, 0.3) is 0 Å². The van der Waals surface area contributed by atoms with Gasteiger partial charge in [0.1, 0.15) is 5.82 Å². The van der Waals surface area contributed by atoms with Crippen molar-refractivity contribution in [3.63, 3.8) is 0 Å². The Labute approximate surface area is 101 Å². The summed E-state index contributed by atoms with van der Waals surface area (Å²) in [5.41, 5.74) is 0.766. The number of hydrogen-bond donors (Lipinski definition) is 2. The summed E-state index contributed by atoms with van der Waals surface area (Å²) in [6, 6.07) is 6.10. The zero-order valence-electron chi connectivity index (χ0n) is 10.5. The molecule has 0 unspecified atom stereocenters. The summed E-state index contributed by atoms with van der Waals surface area (Å²) in [4.78, 5) is 11.4. The smallest absolute Gasteiger partial charge is 0.315 e. The van der Waals surface area contributed by atoms with E-state index in [-0.39, 0.29) is 17.4 Å². The Morgan fingerprint density at radius 3 is 2.35 bits per heavy atom. The van der Waals surface area contributed by atoms with Crippen molar-refractivity contribution in [3.05, 3.63) is 35.6 Å². The zero-order chi connectivity index (χ0) is 12.9. The first kappa shape index (κ1) is 13.5. The number of carbonyl (C=O) groups is 1. The fourth-order valence-electron chi connectivity index (χ4n) is 1.36. The van der Waals surface area contributed by atoms with Crippen LogP contribution in [0.3, 0.4) is 0 Å². The van der Waals surface area contributed by atoms with Crippen molar-refractivity contribution in [1.82, 2.24) is 10.6 Å². The maximum Gasteiger partial charge on any atom is 0.315 e. The van der Waals surface area contributed by atoms with Gasteiger partial charge in [0.2, 0.25) is 0 Å². The number of benzene rings is 1. The third-order valence-electron chi connectivity index (χ3n) is 2.10. The summed E-state index contributed by atoms with van der Waals surface area (Å²) in [5, 5.41) is 5.56. The topological polar surface area (TPSA) is 41.1 Å². The van der Waals surface area contributed by atoms with Crippen molar-refractivity contribution in [1.29, 1.82) is 0 Å². The quantitative estimate of drug-likeness (QED) is 0.834. The molecule has 94 valence electrons. The average Bonchev–Trinajstić information content (AvgIpc) is 2.18. The molecule has 1 rings (SSSR count). The van der Waals surface area contributed by atoms with Gasteiger partial charge >= 0.3 is 6.03 Å². The first-order valence-electron chi connectivity index (χ1n) is 5.67. The van der Waals surface area contributed by atoms with Gasteiger partial charge in [0.15, 0.2) is 0 Å². The third-order valence-corrected chi connectivity index (χ3v) is 2.10. The van der Waals surface area contributed by atoms with Gasteiger partial charge in [0, 0.05) is 12.1 Å². The molecule has 0 aliphatic heterocycles. The van der Waals surface area contributed by atoms with Gasteiger partial charge < -0.3 is 10.6 Å². The summed E-state index contributed by atoms with van der Waals surface area (Å²) >= 11 is 0. The Morgan fingerprint density at radius 1 is 1.24 bits per heavy atom. The Bertz CT molecular complexity index is 368. The molecule has 0 heterocycles. The number of nitrogens with one attached hydrogen (secondary N) is 2. The van der Waals surface area contributed by atoms with E-state index in [1.165, 1.54) is 12.1 Å². The fraction of sp³-hybridized carbons (Fsp3) is 0.462. The molecule has 2 N–H and O–H groups in total. The first-order valence-corrected chi connectivity index (χ1v) is 5.67. The highest BCUT2D eigenvalue weighted by molar-refractivity contribution is 5.74. The highest BCUT2D eigenvalue weighted by atomic mass is 19.1. The second kappa shape index (κ2) is 5.66. The second-order valence-electron chi connectivity index (χ2n) is 5.01. The molecule has 0 bridgehead atoms. The molecule has 2 amide bonds. The number of urea groups is 1. The van der Waals surface area contributed by atoms with Gasteiger partial charge in [-0.1, -0.05) is 12.1 Å². The first-order chi connectivity index (χ1) is 7.87.